The molecule has 0 aliphatic carbocycles. The molecule has 0 spiro atoms. The average Bonchev–Trinajstić information content (AvgIpc) is 2.39. The number of rotatable bonds is 6. The lowest BCUT2D eigenvalue weighted by Crippen LogP contribution is -2.42. The second-order valence-electron chi connectivity index (χ2n) is 4.77. The summed E-state index contributed by atoms with van der Waals surface area (Å²) in [5, 5.41) is 0. The van der Waals surface area contributed by atoms with Crippen molar-refractivity contribution in [2.75, 3.05) is 30.2 Å². The molecule has 0 bridgehead atoms. The highest BCUT2D eigenvalue weighted by Crippen LogP contribution is 2.25. The number of carbonyl (C=O) groups is 1. The molecule has 21 heavy (non-hydrogen) atoms. The number of halogens is 1. The molecule has 1 rings (SSSR count). The van der Waals surface area contributed by atoms with Crippen LogP contribution >= 0.6 is 15.9 Å². The van der Waals surface area contributed by atoms with Crippen LogP contribution < -0.4 is 4.31 Å². The molecule has 118 valence electrons. The summed E-state index contributed by atoms with van der Waals surface area (Å²) in [5.41, 5.74) is 1.48. The van der Waals surface area contributed by atoms with Gasteiger partial charge in [0, 0.05) is 17.6 Å². The number of amides is 1. The Bertz CT molecular complexity index is 613. The fourth-order valence-corrected chi connectivity index (χ4v) is 3.14. The number of likely N-dealkylation sites (N-methyl/N-ethyl adjacent to an activating group) is 1. The van der Waals surface area contributed by atoms with Crippen LogP contribution in [0.15, 0.2) is 22.7 Å². The minimum absolute atomic E-state index is 0.185. The SMILES string of the molecule is CCN(CC)C(=O)CN(c1ccc(C)c(Br)c1)S(C)(=O)=O. The van der Waals surface area contributed by atoms with Crippen LogP contribution in [0.4, 0.5) is 5.69 Å². The van der Waals surface area contributed by atoms with Crippen LogP contribution in [0.3, 0.4) is 0 Å². The summed E-state index contributed by atoms with van der Waals surface area (Å²) in [6, 6.07) is 5.24. The highest BCUT2D eigenvalue weighted by atomic mass is 79.9. The summed E-state index contributed by atoms with van der Waals surface area (Å²) in [4.78, 5) is 13.8. The Morgan fingerprint density at radius 1 is 1.24 bits per heavy atom. The summed E-state index contributed by atoms with van der Waals surface area (Å²) in [6.07, 6.45) is 1.11. The number of hydrogen-bond donors (Lipinski definition) is 0. The molecule has 0 atom stereocenters. The summed E-state index contributed by atoms with van der Waals surface area (Å²) in [7, 11) is -3.53. The van der Waals surface area contributed by atoms with Gasteiger partial charge in [-0.15, -0.1) is 0 Å². The number of anilines is 1. The van der Waals surface area contributed by atoms with Gasteiger partial charge in [-0.3, -0.25) is 9.10 Å². The van der Waals surface area contributed by atoms with Crippen LogP contribution in [0.25, 0.3) is 0 Å². The molecule has 0 fully saturated rings. The molecule has 1 aromatic rings. The van der Waals surface area contributed by atoms with Crippen molar-refractivity contribution in [1.82, 2.24) is 4.90 Å². The first-order valence-corrected chi connectivity index (χ1v) is 9.36. The molecule has 1 amide bonds. The van der Waals surface area contributed by atoms with E-state index >= 15 is 0 Å². The average molecular weight is 377 g/mol. The van der Waals surface area contributed by atoms with E-state index in [-0.39, 0.29) is 12.5 Å². The van der Waals surface area contributed by atoms with Crippen LogP contribution in [0.5, 0.6) is 0 Å². The topological polar surface area (TPSA) is 57.7 Å². The zero-order valence-corrected chi connectivity index (χ0v) is 15.2. The van der Waals surface area contributed by atoms with E-state index in [1.807, 2.05) is 26.8 Å². The molecule has 0 aliphatic heterocycles. The van der Waals surface area contributed by atoms with Crippen LogP contribution in [0.1, 0.15) is 19.4 Å². The molecule has 0 aromatic heterocycles. The number of sulfonamides is 1. The van der Waals surface area contributed by atoms with Gasteiger partial charge in [-0.25, -0.2) is 8.42 Å². The van der Waals surface area contributed by atoms with Crippen molar-refractivity contribution in [2.24, 2.45) is 0 Å². The molecule has 7 heteroatoms. The summed E-state index contributed by atoms with van der Waals surface area (Å²) in [5.74, 6) is -0.206. The van der Waals surface area contributed by atoms with E-state index < -0.39 is 10.0 Å². The van der Waals surface area contributed by atoms with Gasteiger partial charge in [-0.05, 0) is 38.5 Å². The summed E-state index contributed by atoms with van der Waals surface area (Å²) < 4.78 is 26.0. The predicted octanol–water partition coefficient (Wildman–Crippen LogP) is 2.39. The van der Waals surface area contributed by atoms with Gasteiger partial charge < -0.3 is 4.90 Å². The van der Waals surface area contributed by atoms with Gasteiger partial charge in [0.15, 0.2) is 0 Å². The standard InChI is InChI=1S/C14H21BrN2O3S/c1-5-16(6-2)14(18)10-17(21(4,19)20)12-8-7-11(3)13(15)9-12/h7-9H,5-6,10H2,1-4H3. The third kappa shape index (κ3) is 4.71. The fraction of sp³-hybridized carbons (Fsp3) is 0.500. The number of hydrogen-bond acceptors (Lipinski definition) is 3. The van der Waals surface area contributed by atoms with E-state index in [1.54, 1.807) is 17.0 Å². The lowest BCUT2D eigenvalue weighted by molar-refractivity contribution is -0.129. The van der Waals surface area contributed by atoms with Gasteiger partial charge in [0.25, 0.3) is 0 Å². The van der Waals surface area contributed by atoms with Crippen LogP contribution in [-0.2, 0) is 14.8 Å². The maximum absolute atomic E-state index is 12.2. The summed E-state index contributed by atoms with van der Waals surface area (Å²) in [6.45, 7) is 6.59. The lowest BCUT2D eigenvalue weighted by atomic mass is 10.2. The van der Waals surface area contributed by atoms with Gasteiger partial charge in [0.2, 0.25) is 15.9 Å². The number of nitrogens with zero attached hydrogens (tertiary/aromatic N) is 2. The Balaban J connectivity index is 3.13. The smallest absolute Gasteiger partial charge is 0.243 e. The normalized spacial score (nSPS) is 11.3. The Labute approximate surface area is 135 Å². The quantitative estimate of drug-likeness (QED) is 0.765. The lowest BCUT2D eigenvalue weighted by Gasteiger charge is -2.26. The molecule has 0 radical (unpaired) electrons. The third-order valence-electron chi connectivity index (χ3n) is 3.24. The van der Waals surface area contributed by atoms with Gasteiger partial charge in [0.05, 0.1) is 11.9 Å². The van der Waals surface area contributed by atoms with Gasteiger partial charge in [0.1, 0.15) is 6.54 Å². The molecule has 0 unspecified atom stereocenters. The zero-order valence-electron chi connectivity index (χ0n) is 12.8. The second kappa shape index (κ2) is 7.26. The van der Waals surface area contributed by atoms with Crippen molar-refractivity contribution >= 4 is 37.5 Å². The Morgan fingerprint density at radius 2 is 1.81 bits per heavy atom. The predicted molar refractivity (Wildman–Crippen MR) is 89.0 cm³/mol. The van der Waals surface area contributed by atoms with Crippen molar-refractivity contribution in [3.05, 3.63) is 28.2 Å². The van der Waals surface area contributed by atoms with Crippen molar-refractivity contribution < 1.29 is 13.2 Å². The maximum Gasteiger partial charge on any atom is 0.243 e. The first kappa shape index (κ1) is 18.0. The van der Waals surface area contributed by atoms with E-state index in [9.17, 15) is 13.2 Å². The second-order valence-corrected chi connectivity index (χ2v) is 7.53. The molecule has 5 nitrogen and oxygen atoms in total. The van der Waals surface area contributed by atoms with Gasteiger partial charge >= 0.3 is 0 Å². The monoisotopic (exact) mass is 376 g/mol. The molecule has 0 saturated carbocycles. The van der Waals surface area contributed by atoms with E-state index in [0.717, 1.165) is 20.6 Å². The van der Waals surface area contributed by atoms with Crippen LogP contribution in [0, 0.1) is 6.92 Å². The Kier molecular flexibility index (Phi) is 6.22. The van der Waals surface area contributed by atoms with Gasteiger partial charge in [-0.2, -0.15) is 0 Å². The van der Waals surface area contributed by atoms with Crippen molar-refractivity contribution in [3.8, 4) is 0 Å². The highest BCUT2D eigenvalue weighted by Gasteiger charge is 2.23. The van der Waals surface area contributed by atoms with Crippen molar-refractivity contribution in [1.29, 1.82) is 0 Å². The summed E-state index contributed by atoms with van der Waals surface area (Å²) >= 11 is 3.39. The first-order chi connectivity index (χ1) is 9.70. The van der Waals surface area contributed by atoms with Crippen molar-refractivity contribution in [2.45, 2.75) is 20.8 Å². The molecule has 0 heterocycles. The number of aryl methyl sites for hydroxylation is 1. The Hall–Kier alpha value is -1.08. The van der Waals surface area contributed by atoms with Crippen LogP contribution in [0.2, 0.25) is 0 Å². The molecule has 0 saturated heterocycles. The van der Waals surface area contributed by atoms with Gasteiger partial charge in [-0.1, -0.05) is 22.0 Å². The van der Waals surface area contributed by atoms with E-state index in [0.29, 0.717) is 18.8 Å². The van der Waals surface area contributed by atoms with E-state index in [2.05, 4.69) is 15.9 Å². The van der Waals surface area contributed by atoms with E-state index in [1.165, 1.54) is 0 Å². The largest absolute Gasteiger partial charge is 0.342 e. The minimum atomic E-state index is -3.53. The Morgan fingerprint density at radius 3 is 2.24 bits per heavy atom. The molecule has 1 aromatic carbocycles. The molecular weight excluding hydrogens is 356 g/mol. The van der Waals surface area contributed by atoms with Crippen LogP contribution in [-0.4, -0.2) is 45.1 Å². The number of carbonyl (C=O) groups excluding carboxylic acids is 1. The minimum Gasteiger partial charge on any atom is -0.342 e. The molecular formula is C14H21BrN2O3S. The van der Waals surface area contributed by atoms with Crippen molar-refractivity contribution in [3.63, 3.8) is 0 Å². The molecule has 0 N–H and O–H groups in total. The molecule has 0 aliphatic rings. The van der Waals surface area contributed by atoms with E-state index in [4.69, 9.17) is 0 Å². The fourth-order valence-electron chi connectivity index (χ4n) is 1.94. The first-order valence-electron chi connectivity index (χ1n) is 6.72. The highest BCUT2D eigenvalue weighted by molar-refractivity contribution is 9.10. The zero-order chi connectivity index (χ0) is 16.2. The third-order valence-corrected chi connectivity index (χ3v) is 5.23. The maximum atomic E-state index is 12.2. The number of benzene rings is 1.